The van der Waals surface area contributed by atoms with Crippen molar-refractivity contribution in [2.24, 2.45) is 0 Å². The van der Waals surface area contributed by atoms with Crippen LogP contribution in [0.3, 0.4) is 0 Å². The molecule has 68 valence electrons. The number of halogens is 1. The highest BCUT2D eigenvalue weighted by atomic mass is 35.5. The summed E-state index contributed by atoms with van der Waals surface area (Å²) in [6.45, 7) is 1.93. The van der Waals surface area contributed by atoms with E-state index in [4.69, 9.17) is 16.7 Å². The fraction of sp³-hybridized carbons (Fsp3) is 0.100. The Morgan fingerprint density at radius 1 is 1.54 bits per heavy atom. The van der Waals surface area contributed by atoms with Crippen LogP contribution in [0.2, 0.25) is 0 Å². The Kier molecular flexibility index (Phi) is 3.09. The molecule has 3 heteroatoms. The third kappa shape index (κ3) is 2.92. The van der Waals surface area contributed by atoms with Crippen LogP contribution in [-0.2, 0) is 4.79 Å². The molecule has 1 aromatic carbocycles. The van der Waals surface area contributed by atoms with Crippen LogP contribution in [0.15, 0.2) is 30.3 Å². The Hall–Kier alpha value is -1.28. The van der Waals surface area contributed by atoms with E-state index >= 15 is 0 Å². The van der Waals surface area contributed by atoms with Gasteiger partial charge in [-0.1, -0.05) is 41.4 Å². The molecule has 0 heterocycles. The fourth-order valence-corrected chi connectivity index (χ4v) is 1.20. The van der Waals surface area contributed by atoms with Crippen LogP contribution in [0.4, 0.5) is 0 Å². The molecule has 0 aromatic heterocycles. The van der Waals surface area contributed by atoms with Gasteiger partial charge in [-0.15, -0.1) is 0 Å². The second-order valence-corrected chi connectivity index (χ2v) is 3.11. The Labute approximate surface area is 81.5 Å². The number of hydrogen-bond donors (Lipinski definition) is 1. The lowest BCUT2D eigenvalue weighted by Crippen LogP contribution is -1.88. The van der Waals surface area contributed by atoms with Crippen molar-refractivity contribution < 1.29 is 9.90 Å². The molecule has 0 radical (unpaired) electrons. The Morgan fingerprint density at radius 3 is 2.77 bits per heavy atom. The fourth-order valence-electron chi connectivity index (χ4n) is 0.985. The topological polar surface area (TPSA) is 37.3 Å². The van der Waals surface area contributed by atoms with E-state index in [9.17, 15) is 4.79 Å². The number of carboxylic acids is 1. The van der Waals surface area contributed by atoms with Crippen molar-refractivity contribution in [1.82, 2.24) is 0 Å². The van der Waals surface area contributed by atoms with Gasteiger partial charge in [-0.05, 0) is 12.5 Å². The second-order valence-electron chi connectivity index (χ2n) is 2.70. The smallest absolute Gasteiger partial charge is 0.329 e. The third-order valence-electron chi connectivity index (χ3n) is 1.54. The van der Waals surface area contributed by atoms with Gasteiger partial charge < -0.3 is 5.11 Å². The first-order chi connectivity index (χ1) is 6.09. The van der Waals surface area contributed by atoms with E-state index in [1.807, 2.05) is 25.1 Å². The number of benzene rings is 1. The molecule has 1 N–H and O–H groups in total. The monoisotopic (exact) mass is 196 g/mol. The highest BCUT2D eigenvalue weighted by Crippen LogP contribution is 2.19. The van der Waals surface area contributed by atoms with Crippen molar-refractivity contribution in [3.8, 4) is 0 Å². The van der Waals surface area contributed by atoms with Crippen LogP contribution in [0.1, 0.15) is 11.1 Å². The van der Waals surface area contributed by atoms with Crippen LogP contribution in [-0.4, -0.2) is 11.1 Å². The molecule has 2 nitrogen and oxygen atoms in total. The van der Waals surface area contributed by atoms with E-state index in [-0.39, 0.29) is 5.03 Å². The van der Waals surface area contributed by atoms with Gasteiger partial charge in [0, 0.05) is 6.08 Å². The summed E-state index contributed by atoms with van der Waals surface area (Å²) in [6, 6.07) is 7.37. The Morgan fingerprint density at radius 2 is 2.23 bits per heavy atom. The van der Waals surface area contributed by atoms with Gasteiger partial charge in [-0.3, -0.25) is 0 Å². The first-order valence-corrected chi connectivity index (χ1v) is 4.14. The van der Waals surface area contributed by atoms with Gasteiger partial charge in [-0.25, -0.2) is 4.79 Å². The maximum absolute atomic E-state index is 10.3. The zero-order valence-corrected chi connectivity index (χ0v) is 7.88. The van der Waals surface area contributed by atoms with E-state index in [1.165, 1.54) is 0 Å². The quantitative estimate of drug-likeness (QED) is 0.739. The van der Waals surface area contributed by atoms with Gasteiger partial charge in [0.1, 0.15) is 0 Å². The predicted octanol–water partition coefficient (Wildman–Crippen LogP) is 2.66. The van der Waals surface area contributed by atoms with E-state index in [1.54, 1.807) is 6.07 Å². The first-order valence-electron chi connectivity index (χ1n) is 3.77. The highest BCUT2D eigenvalue weighted by molar-refractivity contribution is 6.50. The maximum atomic E-state index is 10.3. The molecule has 0 saturated carbocycles. The number of carbonyl (C=O) groups is 1. The summed E-state index contributed by atoms with van der Waals surface area (Å²) >= 11 is 5.75. The zero-order chi connectivity index (χ0) is 9.84. The van der Waals surface area contributed by atoms with Crippen molar-refractivity contribution in [2.75, 3.05) is 0 Å². The molecular formula is C10H9ClO2. The molecule has 0 fully saturated rings. The number of aliphatic carboxylic acids is 1. The molecule has 0 aliphatic heterocycles. The van der Waals surface area contributed by atoms with Gasteiger partial charge in [0.05, 0.1) is 5.03 Å². The first kappa shape index (κ1) is 9.81. The van der Waals surface area contributed by atoms with E-state index in [0.717, 1.165) is 17.2 Å². The number of carboxylic acid groups (broad SMARTS) is 1. The Bertz CT molecular complexity index is 356. The molecule has 0 saturated heterocycles. The van der Waals surface area contributed by atoms with E-state index in [2.05, 4.69) is 0 Å². The number of aryl methyl sites for hydroxylation is 1. The highest BCUT2D eigenvalue weighted by Gasteiger charge is 2.00. The minimum Gasteiger partial charge on any atom is -0.478 e. The molecular weight excluding hydrogens is 188 g/mol. The van der Waals surface area contributed by atoms with Crippen LogP contribution >= 0.6 is 11.6 Å². The molecule has 0 unspecified atom stereocenters. The maximum Gasteiger partial charge on any atom is 0.329 e. The van der Waals surface area contributed by atoms with Crippen molar-refractivity contribution >= 4 is 22.6 Å². The average Bonchev–Trinajstić information content (AvgIpc) is 2.03. The lowest BCUT2D eigenvalue weighted by Gasteiger charge is -1.98. The summed E-state index contributed by atoms with van der Waals surface area (Å²) in [4.78, 5) is 10.3. The predicted molar refractivity (Wildman–Crippen MR) is 52.6 cm³/mol. The molecule has 1 rings (SSSR count). The summed E-state index contributed by atoms with van der Waals surface area (Å²) in [5, 5.41) is 8.70. The van der Waals surface area contributed by atoms with Crippen molar-refractivity contribution in [3.05, 3.63) is 41.5 Å². The standard InChI is InChI=1S/C10H9ClO2/c1-7-3-2-4-8(5-7)9(11)6-10(12)13/h2-6H,1H3,(H,12,13)/b9-6-. The van der Waals surface area contributed by atoms with Gasteiger partial charge in [-0.2, -0.15) is 0 Å². The summed E-state index contributed by atoms with van der Waals surface area (Å²) in [7, 11) is 0. The molecule has 13 heavy (non-hydrogen) atoms. The lowest BCUT2D eigenvalue weighted by molar-refractivity contribution is -0.131. The lowest BCUT2D eigenvalue weighted by atomic mass is 10.1. The van der Waals surface area contributed by atoms with Crippen LogP contribution in [0, 0.1) is 6.92 Å². The third-order valence-corrected chi connectivity index (χ3v) is 1.87. The molecule has 0 spiro atoms. The van der Waals surface area contributed by atoms with Crippen LogP contribution < -0.4 is 0 Å². The van der Waals surface area contributed by atoms with Crippen molar-refractivity contribution in [1.29, 1.82) is 0 Å². The minimum absolute atomic E-state index is 0.246. The normalized spacial score (nSPS) is 11.4. The minimum atomic E-state index is -1.04. The zero-order valence-electron chi connectivity index (χ0n) is 7.12. The van der Waals surface area contributed by atoms with Gasteiger partial charge in [0.2, 0.25) is 0 Å². The number of hydrogen-bond acceptors (Lipinski definition) is 1. The average molecular weight is 197 g/mol. The van der Waals surface area contributed by atoms with Crippen molar-refractivity contribution in [3.63, 3.8) is 0 Å². The molecule has 1 aromatic rings. The van der Waals surface area contributed by atoms with Crippen LogP contribution in [0.5, 0.6) is 0 Å². The summed E-state index contributed by atoms with van der Waals surface area (Å²) < 4.78 is 0. The summed E-state index contributed by atoms with van der Waals surface area (Å²) in [5.41, 5.74) is 1.78. The van der Waals surface area contributed by atoms with Gasteiger partial charge in [0.15, 0.2) is 0 Å². The number of rotatable bonds is 2. The van der Waals surface area contributed by atoms with E-state index < -0.39 is 5.97 Å². The van der Waals surface area contributed by atoms with Crippen LogP contribution in [0.25, 0.3) is 5.03 Å². The second kappa shape index (κ2) is 4.10. The van der Waals surface area contributed by atoms with E-state index in [0.29, 0.717) is 0 Å². The SMILES string of the molecule is Cc1cccc(/C(Cl)=C/C(=O)O)c1. The molecule has 0 aliphatic carbocycles. The molecule has 0 aliphatic rings. The summed E-state index contributed by atoms with van der Waals surface area (Å²) in [5.74, 6) is -1.04. The largest absolute Gasteiger partial charge is 0.478 e. The molecule has 0 amide bonds. The van der Waals surface area contributed by atoms with Gasteiger partial charge >= 0.3 is 5.97 Å². The molecule has 0 atom stereocenters. The van der Waals surface area contributed by atoms with Crippen molar-refractivity contribution in [2.45, 2.75) is 6.92 Å². The van der Waals surface area contributed by atoms with Gasteiger partial charge in [0.25, 0.3) is 0 Å². The molecule has 0 bridgehead atoms. The summed E-state index contributed by atoms with van der Waals surface area (Å²) in [6.07, 6.45) is 0.982. The Balaban J connectivity index is 3.02.